The maximum absolute atomic E-state index is 13.0. The summed E-state index contributed by atoms with van der Waals surface area (Å²) < 4.78 is 13.0. The van der Waals surface area contributed by atoms with E-state index in [4.69, 9.17) is 0 Å². The lowest BCUT2D eigenvalue weighted by Gasteiger charge is -2.32. The maximum atomic E-state index is 13.0. The molecule has 0 saturated carbocycles. The van der Waals surface area contributed by atoms with Gasteiger partial charge in [0.2, 0.25) is 0 Å². The van der Waals surface area contributed by atoms with E-state index >= 15 is 0 Å². The summed E-state index contributed by atoms with van der Waals surface area (Å²) in [6.07, 6.45) is 7.64. The van der Waals surface area contributed by atoms with Gasteiger partial charge in [-0.1, -0.05) is 18.2 Å². The van der Waals surface area contributed by atoms with Gasteiger partial charge in [0.25, 0.3) is 5.91 Å². The first-order chi connectivity index (χ1) is 13.7. The van der Waals surface area contributed by atoms with Crippen molar-refractivity contribution in [1.82, 2.24) is 19.9 Å². The number of amides is 1. The number of carbonyl (C=O) groups is 1. The highest BCUT2D eigenvalue weighted by molar-refractivity contribution is 5.93. The molecule has 4 rings (SSSR count). The molecule has 0 bridgehead atoms. The lowest BCUT2D eigenvalue weighted by Crippen LogP contribution is -2.39. The van der Waals surface area contributed by atoms with Gasteiger partial charge in [-0.3, -0.25) is 9.78 Å². The third kappa shape index (κ3) is 4.22. The summed E-state index contributed by atoms with van der Waals surface area (Å²) in [7, 11) is 0. The molecule has 0 N–H and O–H groups in total. The molecule has 1 saturated heterocycles. The molecule has 0 unspecified atom stereocenters. The van der Waals surface area contributed by atoms with E-state index in [1.54, 1.807) is 18.6 Å². The Labute approximate surface area is 163 Å². The van der Waals surface area contributed by atoms with Crippen LogP contribution in [0, 0.1) is 11.7 Å². The zero-order valence-corrected chi connectivity index (χ0v) is 15.5. The highest BCUT2D eigenvalue weighted by atomic mass is 19.1. The molecular weight excluding hydrogens is 355 g/mol. The van der Waals surface area contributed by atoms with Crippen LogP contribution < -0.4 is 0 Å². The standard InChI is InChI=1S/C22H21FN4O/c23-19-6-4-16(5-7-19)13-17-8-11-27(12-9-17)22(28)18-14-25-21(26-15-18)20-3-1-2-10-24-20/h1-7,10,14-15,17H,8-9,11-13H2. The number of nitrogens with zero attached hydrogens (tertiary/aromatic N) is 4. The number of benzene rings is 1. The van der Waals surface area contributed by atoms with E-state index in [2.05, 4.69) is 15.0 Å². The molecule has 0 aliphatic carbocycles. The fourth-order valence-electron chi connectivity index (χ4n) is 3.54. The van der Waals surface area contributed by atoms with Crippen molar-refractivity contribution in [2.24, 2.45) is 5.92 Å². The van der Waals surface area contributed by atoms with Crippen molar-refractivity contribution in [2.75, 3.05) is 13.1 Å². The summed E-state index contributed by atoms with van der Waals surface area (Å²) in [5, 5.41) is 0. The van der Waals surface area contributed by atoms with Gasteiger partial charge in [-0.05, 0) is 55.0 Å². The van der Waals surface area contributed by atoms with Crippen LogP contribution in [0.4, 0.5) is 4.39 Å². The first-order valence-corrected chi connectivity index (χ1v) is 9.46. The van der Waals surface area contributed by atoms with Crippen LogP contribution in [0.2, 0.25) is 0 Å². The maximum Gasteiger partial charge on any atom is 0.256 e. The normalized spacial score (nSPS) is 14.8. The smallest absolute Gasteiger partial charge is 0.256 e. The van der Waals surface area contributed by atoms with Crippen LogP contribution in [0.3, 0.4) is 0 Å². The molecule has 0 atom stereocenters. The minimum Gasteiger partial charge on any atom is -0.339 e. The number of hydrogen-bond donors (Lipinski definition) is 0. The van der Waals surface area contributed by atoms with Gasteiger partial charge in [0.1, 0.15) is 11.5 Å². The van der Waals surface area contributed by atoms with Gasteiger partial charge in [0.15, 0.2) is 5.82 Å². The van der Waals surface area contributed by atoms with E-state index in [-0.39, 0.29) is 11.7 Å². The Hall–Kier alpha value is -3.15. The van der Waals surface area contributed by atoms with Gasteiger partial charge >= 0.3 is 0 Å². The summed E-state index contributed by atoms with van der Waals surface area (Å²) in [5.74, 6) is 0.778. The van der Waals surface area contributed by atoms with Crippen molar-refractivity contribution in [3.8, 4) is 11.5 Å². The molecule has 6 heteroatoms. The molecule has 3 heterocycles. The second kappa shape index (κ2) is 8.25. The van der Waals surface area contributed by atoms with E-state index in [1.165, 1.54) is 12.1 Å². The summed E-state index contributed by atoms with van der Waals surface area (Å²) >= 11 is 0. The fraction of sp³-hybridized carbons (Fsp3) is 0.273. The van der Waals surface area contributed by atoms with Crippen molar-refractivity contribution in [2.45, 2.75) is 19.3 Å². The van der Waals surface area contributed by atoms with Crippen LogP contribution in [0.1, 0.15) is 28.8 Å². The summed E-state index contributed by atoms with van der Waals surface area (Å²) in [4.78, 5) is 27.4. The number of rotatable bonds is 4. The first-order valence-electron chi connectivity index (χ1n) is 9.46. The Kier molecular flexibility index (Phi) is 5.37. The molecule has 5 nitrogen and oxygen atoms in total. The third-order valence-corrected chi connectivity index (χ3v) is 5.13. The van der Waals surface area contributed by atoms with Crippen molar-refractivity contribution in [3.05, 3.63) is 78.0 Å². The van der Waals surface area contributed by atoms with Gasteiger partial charge < -0.3 is 4.90 Å². The Morgan fingerprint density at radius 1 is 1.00 bits per heavy atom. The SMILES string of the molecule is O=C(c1cnc(-c2ccccn2)nc1)N1CCC(Cc2ccc(F)cc2)CC1. The highest BCUT2D eigenvalue weighted by Crippen LogP contribution is 2.23. The second-order valence-corrected chi connectivity index (χ2v) is 7.08. The Morgan fingerprint density at radius 3 is 2.36 bits per heavy atom. The fourth-order valence-corrected chi connectivity index (χ4v) is 3.54. The van der Waals surface area contributed by atoms with Crippen LogP contribution >= 0.6 is 0 Å². The van der Waals surface area contributed by atoms with E-state index in [0.717, 1.165) is 24.8 Å². The summed E-state index contributed by atoms with van der Waals surface area (Å²) in [6.45, 7) is 1.43. The van der Waals surface area contributed by atoms with Gasteiger partial charge in [-0.15, -0.1) is 0 Å². The number of pyridine rings is 1. The number of aromatic nitrogens is 3. The number of piperidine rings is 1. The number of halogens is 1. The highest BCUT2D eigenvalue weighted by Gasteiger charge is 2.24. The molecule has 0 radical (unpaired) electrons. The minimum absolute atomic E-state index is 0.0344. The van der Waals surface area contributed by atoms with Crippen molar-refractivity contribution in [3.63, 3.8) is 0 Å². The van der Waals surface area contributed by atoms with Gasteiger partial charge in [-0.2, -0.15) is 0 Å². The van der Waals surface area contributed by atoms with E-state index in [0.29, 0.717) is 36.1 Å². The molecule has 0 spiro atoms. The predicted molar refractivity (Wildman–Crippen MR) is 104 cm³/mol. The largest absolute Gasteiger partial charge is 0.339 e. The first kappa shape index (κ1) is 18.2. The topological polar surface area (TPSA) is 59.0 Å². The molecule has 3 aromatic rings. The van der Waals surface area contributed by atoms with Crippen LogP contribution in [0.15, 0.2) is 61.1 Å². The molecule has 1 fully saturated rings. The molecule has 28 heavy (non-hydrogen) atoms. The van der Waals surface area contributed by atoms with E-state index in [9.17, 15) is 9.18 Å². The van der Waals surface area contributed by atoms with Gasteiger partial charge in [0.05, 0.1) is 5.56 Å². The zero-order valence-electron chi connectivity index (χ0n) is 15.5. The summed E-state index contributed by atoms with van der Waals surface area (Å²) in [5.41, 5.74) is 2.32. The predicted octanol–water partition coefficient (Wildman–Crippen LogP) is 3.77. The quantitative estimate of drug-likeness (QED) is 0.695. The molecular formula is C22H21FN4O. The average Bonchev–Trinajstić information content (AvgIpc) is 2.76. The molecule has 1 aliphatic rings. The monoisotopic (exact) mass is 376 g/mol. The average molecular weight is 376 g/mol. The number of hydrogen-bond acceptors (Lipinski definition) is 4. The third-order valence-electron chi connectivity index (χ3n) is 5.13. The Bertz CT molecular complexity index is 921. The summed E-state index contributed by atoms with van der Waals surface area (Å²) in [6, 6.07) is 12.2. The molecule has 142 valence electrons. The van der Waals surface area contributed by atoms with Crippen molar-refractivity contribution in [1.29, 1.82) is 0 Å². The van der Waals surface area contributed by atoms with Crippen LogP contribution in [-0.4, -0.2) is 38.8 Å². The van der Waals surface area contributed by atoms with E-state index in [1.807, 2.05) is 35.2 Å². The Balaban J connectivity index is 1.34. The van der Waals surface area contributed by atoms with Crippen molar-refractivity contribution >= 4 is 5.91 Å². The lowest BCUT2D eigenvalue weighted by atomic mass is 9.90. The lowest BCUT2D eigenvalue weighted by molar-refractivity contribution is 0.0689. The molecule has 1 aliphatic heterocycles. The van der Waals surface area contributed by atoms with E-state index < -0.39 is 0 Å². The zero-order chi connectivity index (χ0) is 19.3. The van der Waals surface area contributed by atoms with Crippen LogP contribution in [0.5, 0.6) is 0 Å². The Morgan fingerprint density at radius 2 is 1.71 bits per heavy atom. The molecule has 1 amide bonds. The molecule has 1 aromatic carbocycles. The number of carbonyl (C=O) groups excluding carboxylic acids is 1. The van der Waals surface area contributed by atoms with Gasteiger partial charge in [0, 0.05) is 31.7 Å². The van der Waals surface area contributed by atoms with Gasteiger partial charge in [-0.25, -0.2) is 14.4 Å². The molecule has 2 aromatic heterocycles. The second-order valence-electron chi connectivity index (χ2n) is 7.08. The van der Waals surface area contributed by atoms with Crippen LogP contribution in [0.25, 0.3) is 11.5 Å². The van der Waals surface area contributed by atoms with Crippen molar-refractivity contribution < 1.29 is 9.18 Å². The minimum atomic E-state index is -0.208. The number of likely N-dealkylation sites (tertiary alicyclic amines) is 1. The van der Waals surface area contributed by atoms with Crippen LogP contribution in [-0.2, 0) is 6.42 Å².